The van der Waals surface area contributed by atoms with Crippen LogP contribution in [0.3, 0.4) is 0 Å². The van der Waals surface area contributed by atoms with Crippen LogP contribution in [0.25, 0.3) is 33.7 Å². The maximum Gasteiger partial charge on any atom is 0.255 e. The summed E-state index contributed by atoms with van der Waals surface area (Å²) in [6.07, 6.45) is 6.84. The standard InChI is InChI=1S/C34H36N4O6/c1-21-4-6-26(40-2)20-38(19-21)34(39)24-15-30(41-3)32(37-18-24)31-16-28-33(44-31)27(8-11-36-28)22-5-7-29(23(14-22)17-35)43-25-9-12-42-13-10-25/h5,7-8,11,14-16,18,21,25-26H,4,6,9-10,12-13,19-20H2,1-3H3. The molecule has 1 aromatic carbocycles. The number of nitrogens with zero attached hydrogens (tertiary/aromatic N) is 4. The highest BCUT2D eigenvalue weighted by molar-refractivity contribution is 5.96. The minimum Gasteiger partial charge on any atom is -0.494 e. The van der Waals surface area contributed by atoms with Crippen molar-refractivity contribution in [2.24, 2.45) is 5.92 Å². The molecule has 0 radical (unpaired) electrons. The van der Waals surface area contributed by atoms with Gasteiger partial charge in [-0.2, -0.15) is 5.26 Å². The fourth-order valence-electron chi connectivity index (χ4n) is 5.94. The number of pyridine rings is 2. The summed E-state index contributed by atoms with van der Waals surface area (Å²) in [5.41, 5.74) is 4.12. The number of amides is 1. The van der Waals surface area contributed by atoms with Crippen LogP contribution >= 0.6 is 0 Å². The molecule has 0 bridgehead atoms. The maximum absolute atomic E-state index is 13.5. The normalized spacial score (nSPS) is 19.4. The van der Waals surface area contributed by atoms with Gasteiger partial charge in [0.1, 0.15) is 34.9 Å². The van der Waals surface area contributed by atoms with E-state index >= 15 is 0 Å². The Hall–Kier alpha value is -4.46. The van der Waals surface area contributed by atoms with Gasteiger partial charge in [0.15, 0.2) is 11.3 Å². The predicted octanol–water partition coefficient (Wildman–Crippen LogP) is 5.88. The van der Waals surface area contributed by atoms with E-state index in [0.29, 0.717) is 77.4 Å². The van der Waals surface area contributed by atoms with Gasteiger partial charge in [0, 0.05) is 57.1 Å². The number of aromatic nitrogens is 2. The van der Waals surface area contributed by atoms with E-state index in [2.05, 4.69) is 23.0 Å². The number of methoxy groups -OCH3 is 2. The molecule has 0 spiro atoms. The molecular formula is C34H36N4O6. The van der Waals surface area contributed by atoms with E-state index in [1.54, 1.807) is 38.7 Å². The molecule has 2 atom stereocenters. The number of fused-ring (bicyclic) bond motifs is 1. The van der Waals surface area contributed by atoms with E-state index in [1.807, 2.05) is 29.2 Å². The van der Waals surface area contributed by atoms with Crippen LogP contribution in [-0.4, -0.2) is 73.5 Å². The van der Waals surface area contributed by atoms with Gasteiger partial charge in [-0.1, -0.05) is 13.0 Å². The zero-order valence-electron chi connectivity index (χ0n) is 25.2. The van der Waals surface area contributed by atoms with Gasteiger partial charge in [0.25, 0.3) is 5.91 Å². The third-order valence-electron chi connectivity index (χ3n) is 8.40. The van der Waals surface area contributed by atoms with Crippen molar-refractivity contribution in [1.82, 2.24) is 14.9 Å². The van der Waals surface area contributed by atoms with Gasteiger partial charge >= 0.3 is 0 Å². The average molecular weight is 597 g/mol. The van der Waals surface area contributed by atoms with Gasteiger partial charge in [-0.3, -0.25) is 9.78 Å². The van der Waals surface area contributed by atoms with E-state index in [4.69, 9.17) is 23.4 Å². The first-order valence-corrected chi connectivity index (χ1v) is 15.0. The second-order valence-corrected chi connectivity index (χ2v) is 11.5. The molecule has 1 amide bonds. The van der Waals surface area contributed by atoms with Crippen molar-refractivity contribution in [3.05, 3.63) is 59.9 Å². The third-order valence-corrected chi connectivity index (χ3v) is 8.40. The van der Waals surface area contributed by atoms with Crippen LogP contribution in [0.2, 0.25) is 0 Å². The van der Waals surface area contributed by atoms with Gasteiger partial charge in [-0.25, -0.2) is 4.98 Å². The molecule has 3 aromatic heterocycles. The van der Waals surface area contributed by atoms with Crippen molar-refractivity contribution in [1.29, 1.82) is 5.26 Å². The number of ether oxygens (including phenoxy) is 4. The Kier molecular flexibility index (Phi) is 8.77. The molecule has 2 aliphatic heterocycles. The summed E-state index contributed by atoms with van der Waals surface area (Å²) in [5, 5.41) is 9.89. The quantitative estimate of drug-likeness (QED) is 0.257. The number of rotatable bonds is 7. The second-order valence-electron chi connectivity index (χ2n) is 11.5. The van der Waals surface area contributed by atoms with Crippen molar-refractivity contribution >= 4 is 17.0 Å². The Morgan fingerprint density at radius 3 is 2.61 bits per heavy atom. The van der Waals surface area contributed by atoms with Gasteiger partial charge in [0.2, 0.25) is 0 Å². The molecule has 2 unspecified atom stereocenters. The number of hydrogen-bond donors (Lipinski definition) is 0. The lowest BCUT2D eigenvalue weighted by molar-refractivity contribution is 0.0254. The SMILES string of the molecule is COc1cc(C(=O)N2CC(C)CCC(OC)C2)cnc1-c1cc2nccc(-c3ccc(OC4CCOCC4)c(C#N)c3)c2o1. The monoisotopic (exact) mass is 596 g/mol. The first kappa shape index (κ1) is 29.6. The summed E-state index contributed by atoms with van der Waals surface area (Å²) in [5.74, 6) is 1.71. The number of likely N-dealkylation sites (tertiary alicyclic amines) is 1. The van der Waals surface area contributed by atoms with Crippen LogP contribution < -0.4 is 9.47 Å². The number of furan rings is 1. The summed E-state index contributed by atoms with van der Waals surface area (Å²) in [6, 6.07) is 13.2. The molecule has 2 aliphatic rings. The number of nitriles is 1. The molecule has 10 heteroatoms. The van der Waals surface area contributed by atoms with Gasteiger partial charge in [-0.05, 0) is 48.6 Å². The zero-order valence-corrected chi connectivity index (χ0v) is 25.2. The van der Waals surface area contributed by atoms with Gasteiger partial charge in [0.05, 0.1) is 37.6 Å². The number of hydrogen-bond acceptors (Lipinski definition) is 9. The summed E-state index contributed by atoms with van der Waals surface area (Å²) in [6.45, 7) is 4.67. The van der Waals surface area contributed by atoms with Crippen molar-refractivity contribution in [2.45, 2.75) is 44.8 Å². The van der Waals surface area contributed by atoms with Crippen LogP contribution in [0.5, 0.6) is 11.5 Å². The van der Waals surface area contributed by atoms with Gasteiger partial charge < -0.3 is 28.3 Å². The Balaban J connectivity index is 1.29. The second kappa shape index (κ2) is 13.0. The van der Waals surface area contributed by atoms with E-state index < -0.39 is 0 Å². The Morgan fingerprint density at radius 1 is 1.00 bits per heavy atom. The summed E-state index contributed by atoms with van der Waals surface area (Å²) < 4.78 is 29.2. The number of carbonyl (C=O) groups is 1. The lowest BCUT2D eigenvalue weighted by Gasteiger charge is -2.25. The number of carbonyl (C=O) groups excluding carboxylic acids is 1. The molecule has 0 saturated carbocycles. The Labute approximate surface area is 256 Å². The molecule has 44 heavy (non-hydrogen) atoms. The van der Waals surface area contributed by atoms with E-state index in [1.165, 1.54) is 0 Å². The fraction of sp³-hybridized carbons (Fsp3) is 0.412. The highest BCUT2D eigenvalue weighted by Crippen LogP contribution is 2.38. The van der Waals surface area contributed by atoms with Crippen LogP contribution in [0, 0.1) is 17.2 Å². The van der Waals surface area contributed by atoms with Crippen molar-refractivity contribution in [2.75, 3.05) is 40.5 Å². The molecule has 228 valence electrons. The van der Waals surface area contributed by atoms with E-state index in [-0.39, 0.29) is 18.1 Å². The Morgan fingerprint density at radius 2 is 1.84 bits per heavy atom. The molecular weight excluding hydrogens is 560 g/mol. The molecule has 2 fully saturated rings. The van der Waals surface area contributed by atoms with E-state index in [0.717, 1.165) is 36.8 Å². The van der Waals surface area contributed by atoms with Crippen LogP contribution in [-0.2, 0) is 9.47 Å². The van der Waals surface area contributed by atoms with Crippen molar-refractivity contribution in [3.8, 4) is 40.1 Å². The molecule has 6 rings (SSSR count). The molecule has 5 heterocycles. The van der Waals surface area contributed by atoms with Crippen LogP contribution in [0.1, 0.15) is 48.5 Å². The molecule has 4 aromatic rings. The first-order valence-electron chi connectivity index (χ1n) is 15.0. The zero-order chi connectivity index (χ0) is 30.6. The Bertz CT molecular complexity index is 1690. The van der Waals surface area contributed by atoms with Crippen molar-refractivity contribution in [3.63, 3.8) is 0 Å². The van der Waals surface area contributed by atoms with Gasteiger partial charge in [-0.15, -0.1) is 0 Å². The minimum atomic E-state index is -0.107. The molecule has 10 nitrogen and oxygen atoms in total. The van der Waals surface area contributed by atoms with E-state index in [9.17, 15) is 10.1 Å². The molecule has 0 N–H and O–H groups in total. The smallest absolute Gasteiger partial charge is 0.255 e. The lowest BCUT2D eigenvalue weighted by atomic mass is 10.0. The van der Waals surface area contributed by atoms with Crippen LogP contribution in [0.4, 0.5) is 0 Å². The largest absolute Gasteiger partial charge is 0.494 e. The topological polar surface area (TPSA) is 120 Å². The number of benzene rings is 1. The highest BCUT2D eigenvalue weighted by Gasteiger charge is 2.27. The lowest BCUT2D eigenvalue weighted by Crippen LogP contribution is -2.38. The predicted molar refractivity (Wildman–Crippen MR) is 164 cm³/mol. The summed E-state index contributed by atoms with van der Waals surface area (Å²) >= 11 is 0. The summed E-state index contributed by atoms with van der Waals surface area (Å²) in [7, 11) is 3.24. The van der Waals surface area contributed by atoms with Crippen LogP contribution in [0.15, 0.2) is 53.2 Å². The molecule has 2 saturated heterocycles. The highest BCUT2D eigenvalue weighted by atomic mass is 16.5. The third kappa shape index (κ3) is 6.11. The first-order chi connectivity index (χ1) is 21.5. The fourth-order valence-corrected chi connectivity index (χ4v) is 5.94. The molecule has 0 aliphatic carbocycles. The minimum absolute atomic E-state index is 0.00947. The van der Waals surface area contributed by atoms with Crippen molar-refractivity contribution < 1.29 is 28.2 Å². The maximum atomic E-state index is 13.5. The average Bonchev–Trinajstić information content (AvgIpc) is 3.41. The summed E-state index contributed by atoms with van der Waals surface area (Å²) in [4.78, 5) is 24.5.